The summed E-state index contributed by atoms with van der Waals surface area (Å²) in [5.74, 6) is 2.03. The van der Waals surface area contributed by atoms with Crippen molar-refractivity contribution in [1.29, 1.82) is 0 Å². The molecule has 4 aromatic heterocycles. The molecule has 1 aliphatic heterocycles. The average Bonchev–Trinajstić information content (AvgIpc) is 3.46. The van der Waals surface area contributed by atoms with Crippen LogP contribution in [0.4, 0.5) is 0 Å². The van der Waals surface area contributed by atoms with Gasteiger partial charge in [0, 0.05) is 17.5 Å². The number of H-pyrrole nitrogens is 1. The van der Waals surface area contributed by atoms with Gasteiger partial charge in [-0.15, -0.1) is 0 Å². The number of nitrogens with one attached hydrogen (secondary N) is 1. The molecule has 5 aromatic rings. The van der Waals surface area contributed by atoms with Gasteiger partial charge in [0.25, 0.3) is 5.56 Å². The second kappa shape index (κ2) is 7.69. The number of aromatic nitrogens is 5. The molecule has 0 atom stereocenters. The molecule has 1 saturated heterocycles. The Morgan fingerprint density at radius 2 is 1.91 bits per heavy atom. The van der Waals surface area contributed by atoms with Gasteiger partial charge in [0.15, 0.2) is 0 Å². The van der Waals surface area contributed by atoms with Crippen molar-refractivity contribution < 1.29 is 8.94 Å². The lowest BCUT2D eigenvalue weighted by molar-refractivity contribution is 0.184. The maximum atomic E-state index is 12.5. The third-order valence-electron chi connectivity index (χ3n) is 5.93. The van der Waals surface area contributed by atoms with Crippen LogP contribution in [0.15, 0.2) is 62.4 Å². The number of rotatable bonds is 4. The van der Waals surface area contributed by atoms with E-state index in [0.29, 0.717) is 40.9 Å². The van der Waals surface area contributed by atoms with Gasteiger partial charge in [-0.2, -0.15) is 4.98 Å². The van der Waals surface area contributed by atoms with Crippen LogP contribution in [0.3, 0.4) is 0 Å². The zero-order valence-corrected chi connectivity index (χ0v) is 17.2. The SMILES string of the molecule is O=c1[nH]c(CN2CCC(c3nc(-c4ccccn4)no3)CC2)nc2c1oc1ccccc12. The largest absolute Gasteiger partial charge is 0.449 e. The van der Waals surface area contributed by atoms with Gasteiger partial charge in [0.2, 0.25) is 17.3 Å². The summed E-state index contributed by atoms with van der Waals surface area (Å²) in [6.45, 7) is 2.26. The van der Waals surface area contributed by atoms with Gasteiger partial charge < -0.3 is 13.9 Å². The van der Waals surface area contributed by atoms with E-state index in [1.807, 2.05) is 42.5 Å². The molecule has 0 spiro atoms. The van der Waals surface area contributed by atoms with Crippen LogP contribution in [0.25, 0.3) is 33.6 Å². The summed E-state index contributed by atoms with van der Waals surface area (Å²) in [7, 11) is 0. The van der Waals surface area contributed by atoms with Gasteiger partial charge in [-0.05, 0) is 50.2 Å². The number of hydrogen-bond acceptors (Lipinski definition) is 8. The molecule has 1 N–H and O–H groups in total. The van der Waals surface area contributed by atoms with Crippen molar-refractivity contribution in [3.8, 4) is 11.5 Å². The summed E-state index contributed by atoms with van der Waals surface area (Å²) in [5, 5.41) is 4.94. The van der Waals surface area contributed by atoms with E-state index in [0.717, 1.165) is 31.3 Å². The molecule has 0 bridgehead atoms. The Balaban J connectivity index is 1.16. The maximum absolute atomic E-state index is 12.5. The van der Waals surface area contributed by atoms with Crippen molar-refractivity contribution in [2.75, 3.05) is 13.1 Å². The van der Waals surface area contributed by atoms with Gasteiger partial charge in [-0.3, -0.25) is 14.7 Å². The molecule has 0 amide bonds. The van der Waals surface area contributed by atoms with Crippen LogP contribution >= 0.6 is 0 Å². The number of aromatic amines is 1. The zero-order valence-electron chi connectivity index (χ0n) is 17.2. The number of likely N-dealkylation sites (tertiary alicyclic amines) is 1. The van der Waals surface area contributed by atoms with E-state index < -0.39 is 0 Å². The molecule has 0 unspecified atom stereocenters. The first-order valence-electron chi connectivity index (χ1n) is 10.6. The first kappa shape index (κ1) is 18.9. The van der Waals surface area contributed by atoms with Crippen LogP contribution in [-0.4, -0.2) is 43.1 Å². The summed E-state index contributed by atoms with van der Waals surface area (Å²) >= 11 is 0. The quantitative estimate of drug-likeness (QED) is 0.463. The number of piperidine rings is 1. The average molecular weight is 428 g/mol. The second-order valence-electron chi connectivity index (χ2n) is 8.01. The highest BCUT2D eigenvalue weighted by Gasteiger charge is 2.26. The molecule has 1 fully saturated rings. The first-order valence-corrected chi connectivity index (χ1v) is 10.6. The van der Waals surface area contributed by atoms with Gasteiger partial charge in [-0.1, -0.05) is 23.4 Å². The predicted octanol–water partition coefficient (Wildman–Crippen LogP) is 3.49. The fraction of sp³-hybridized carbons (Fsp3) is 0.261. The number of para-hydroxylation sites is 1. The Labute approximate surface area is 182 Å². The number of hydrogen-bond donors (Lipinski definition) is 1. The summed E-state index contributed by atoms with van der Waals surface area (Å²) in [4.78, 5) is 31.2. The van der Waals surface area contributed by atoms with Crippen LogP contribution in [-0.2, 0) is 6.54 Å². The van der Waals surface area contributed by atoms with E-state index in [-0.39, 0.29) is 17.1 Å². The molecular weight excluding hydrogens is 408 g/mol. The van der Waals surface area contributed by atoms with E-state index in [1.54, 1.807) is 6.20 Å². The Bertz CT molecular complexity index is 1450. The highest BCUT2D eigenvalue weighted by atomic mass is 16.5. The van der Waals surface area contributed by atoms with Crippen LogP contribution in [0.1, 0.15) is 30.5 Å². The van der Waals surface area contributed by atoms with Gasteiger partial charge in [0.05, 0.1) is 6.54 Å². The number of pyridine rings is 1. The Morgan fingerprint density at radius 3 is 2.75 bits per heavy atom. The van der Waals surface area contributed by atoms with Crippen molar-refractivity contribution in [2.45, 2.75) is 25.3 Å². The fourth-order valence-electron chi connectivity index (χ4n) is 4.27. The summed E-state index contributed by atoms with van der Waals surface area (Å²) < 4.78 is 11.2. The number of fused-ring (bicyclic) bond motifs is 3. The minimum Gasteiger partial charge on any atom is -0.449 e. The molecule has 32 heavy (non-hydrogen) atoms. The van der Waals surface area contributed by atoms with Crippen molar-refractivity contribution in [1.82, 2.24) is 30.0 Å². The van der Waals surface area contributed by atoms with Crippen molar-refractivity contribution >= 4 is 22.1 Å². The van der Waals surface area contributed by atoms with Crippen molar-refractivity contribution in [3.05, 3.63) is 70.7 Å². The molecule has 0 aliphatic carbocycles. The van der Waals surface area contributed by atoms with Crippen LogP contribution in [0.2, 0.25) is 0 Å². The maximum Gasteiger partial charge on any atom is 0.294 e. The van der Waals surface area contributed by atoms with Gasteiger partial charge in [0.1, 0.15) is 22.6 Å². The lowest BCUT2D eigenvalue weighted by Gasteiger charge is -2.29. The molecule has 0 saturated carbocycles. The molecule has 6 rings (SSSR count). The molecule has 9 heteroatoms. The molecule has 160 valence electrons. The molecule has 1 aromatic carbocycles. The van der Waals surface area contributed by atoms with E-state index >= 15 is 0 Å². The summed E-state index contributed by atoms with van der Waals surface area (Å²) in [6, 6.07) is 13.2. The second-order valence-corrected chi connectivity index (χ2v) is 8.01. The van der Waals surface area contributed by atoms with Gasteiger partial charge >= 0.3 is 0 Å². The first-order chi connectivity index (χ1) is 15.7. The minimum atomic E-state index is -0.246. The monoisotopic (exact) mass is 428 g/mol. The number of furan rings is 1. The van der Waals surface area contributed by atoms with Crippen molar-refractivity contribution in [2.24, 2.45) is 0 Å². The van der Waals surface area contributed by atoms with Crippen LogP contribution < -0.4 is 5.56 Å². The minimum absolute atomic E-state index is 0.212. The molecular formula is C23H20N6O3. The van der Waals surface area contributed by atoms with Crippen molar-refractivity contribution in [3.63, 3.8) is 0 Å². The van der Waals surface area contributed by atoms with Crippen LogP contribution in [0.5, 0.6) is 0 Å². The number of nitrogens with zero attached hydrogens (tertiary/aromatic N) is 5. The Morgan fingerprint density at radius 1 is 1.06 bits per heavy atom. The summed E-state index contributed by atoms with van der Waals surface area (Å²) in [5.41, 5.74) is 2.01. The van der Waals surface area contributed by atoms with Gasteiger partial charge in [-0.25, -0.2) is 4.98 Å². The smallest absolute Gasteiger partial charge is 0.294 e. The highest BCUT2D eigenvalue weighted by Crippen LogP contribution is 2.29. The molecule has 0 radical (unpaired) electrons. The number of benzene rings is 1. The Kier molecular flexibility index (Phi) is 4.53. The molecule has 9 nitrogen and oxygen atoms in total. The highest BCUT2D eigenvalue weighted by molar-refractivity contribution is 6.01. The van der Waals surface area contributed by atoms with E-state index in [2.05, 4.69) is 25.0 Å². The molecule has 5 heterocycles. The lowest BCUT2D eigenvalue weighted by Crippen LogP contribution is -2.33. The lowest BCUT2D eigenvalue weighted by atomic mass is 9.97. The van der Waals surface area contributed by atoms with Crippen LogP contribution in [0, 0.1) is 0 Å². The van der Waals surface area contributed by atoms with E-state index in [1.165, 1.54) is 0 Å². The fourth-order valence-corrected chi connectivity index (χ4v) is 4.27. The molecule has 1 aliphatic rings. The third kappa shape index (κ3) is 3.36. The zero-order chi connectivity index (χ0) is 21.5. The third-order valence-corrected chi connectivity index (χ3v) is 5.93. The standard InChI is InChI=1S/C23H20N6O3/c30-22-20-19(15-5-1-2-7-17(15)31-20)25-18(26-22)13-29-11-8-14(9-12-29)23-27-21(28-32-23)16-6-3-4-10-24-16/h1-7,10,14H,8-9,11-13H2,(H,25,26,30). The predicted molar refractivity (Wildman–Crippen MR) is 117 cm³/mol. The topological polar surface area (TPSA) is 114 Å². The summed E-state index contributed by atoms with van der Waals surface area (Å²) in [6.07, 6.45) is 3.50. The van der Waals surface area contributed by atoms with E-state index in [4.69, 9.17) is 13.9 Å². The normalized spacial score (nSPS) is 15.6. The van der Waals surface area contributed by atoms with E-state index in [9.17, 15) is 4.79 Å². The Hall–Kier alpha value is -3.85.